The topological polar surface area (TPSA) is 66.8 Å². The van der Waals surface area contributed by atoms with E-state index in [2.05, 4.69) is 26.7 Å². The smallest absolute Gasteiger partial charge is 0.224 e. The van der Waals surface area contributed by atoms with Crippen LogP contribution in [0, 0.1) is 5.92 Å². The minimum Gasteiger partial charge on any atom is -0.342 e. The number of likely N-dealkylation sites (tertiary alicyclic amines) is 1. The molecular weight excluding hydrogens is 290 g/mol. The Hall–Kier alpha value is -2.11. The molecule has 0 aromatic carbocycles. The molecule has 0 aliphatic carbocycles. The number of aromatic amines is 1. The number of H-pyrrole nitrogens is 1. The molecule has 2 aromatic rings. The second kappa shape index (κ2) is 7.44. The molecule has 1 aliphatic rings. The number of aryl methyl sites for hydroxylation is 2. The zero-order chi connectivity index (χ0) is 16.1. The molecule has 0 radical (unpaired) electrons. The fourth-order valence-electron chi connectivity index (χ4n) is 3.40. The molecule has 6 heteroatoms. The molecular formula is C17H25N5O. The predicted molar refractivity (Wildman–Crippen MR) is 87.8 cm³/mol. The van der Waals surface area contributed by atoms with Gasteiger partial charge in [0.25, 0.3) is 0 Å². The van der Waals surface area contributed by atoms with Gasteiger partial charge in [-0.15, -0.1) is 0 Å². The molecule has 0 saturated carbocycles. The lowest BCUT2D eigenvalue weighted by Gasteiger charge is -2.32. The van der Waals surface area contributed by atoms with Crippen molar-refractivity contribution in [2.45, 2.75) is 45.6 Å². The van der Waals surface area contributed by atoms with Gasteiger partial charge in [-0.05, 0) is 31.2 Å². The van der Waals surface area contributed by atoms with Crippen molar-refractivity contribution >= 4 is 5.91 Å². The SMILES string of the molecule is CCc1nccn1CCC(=O)N1CCCC(Cc2ccn[nH]2)C1. The maximum atomic E-state index is 12.5. The number of amides is 1. The van der Waals surface area contributed by atoms with Gasteiger partial charge >= 0.3 is 0 Å². The molecule has 6 nitrogen and oxygen atoms in total. The molecule has 2 aromatic heterocycles. The van der Waals surface area contributed by atoms with Crippen molar-refractivity contribution < 1.29 is 4.79 Å². The fraction of sp³-hybridized carbons (Fsp3) is 0.588. The monoisotopic (exact) mass is 315 g/mol. The van der Waals surface area contributed by atoms with Crippen LogP contribution in [-0.2, 0) is 24.2 Å². The number of hydrogen-bond donors (Lipinski definition) is 1. The second-order valence-corrected chi connectivity index (χ2v) is 6.27. The molecule has 1 atom stereocenters. The van der Waals surface area contributed by atoms with Crippen LogP contribution in [0.2, 0.25) is 0 Å². The maximum Gasteiger partial charge on any atom is 0.224 e. The first-order valence-electron chi connectivity index (χ1n) is 8.52. The Morgan fingerprint density at radius 1 is 1.43 bits per heavy atom. The van der Waals surface area contributed by atoms with Gasteiger partial charge in [-0.1, -0.05) is 6.92 Å². The summed E-state index contributed by atoms with van der Waals surface area (Å²) in [6.45, 7) is 4.57. The number of nitrogens with zero attached hydrogens (tertiary/aromatic N) is 4. The highest BCUT2D eigenvalue weighted by Crippen LogP contribution is 2.20. The average molecular weight is 315 g/mol. The van der Waals surface area contributed by atoms with Crippen molar-refractivity contribution in [3.8, 4) is 0 Å². The van der Waals surface area contributed by atoms with Crippen LogP contribution in [0.5, 0.6) is 0 Å². The van der Waals surface area contributed by atoms with Crippen LogP contribution in [0.1, 0.15) is 37.7 Å². The Balaban J connectivity index is 1.50. The van der Waals surface area contributed by atoms with Gasteiger partial charge in [0.15, 0.2) is 0 Å². The van der Waals surface area contributed by atoms with Gasteiger partial charge in [-0.25, -0.2) is 4.98 Å². The Bertz CT molecular complexity index is 619. The Labute approximate surface area is 136 Å². The van der Waals surface area contributed by atoms with Crippen molar-refractivity contribution in [1.82, 2.24) is 24.6 Å². The highest BCUT2D eigenvalue weighted by molar-refractivity contribution is 5.76. The van der Waals surface area contributed by atoms with Gasteiger partial charge in [0.2, 0.25) is 5.91 Å². The van der Waals surface area contributed by atoms with Crippen LogP contribution in [0.25, 0.3) is 0 Å². The summed E-state index contributed by atoms with van der Waals surface area (Å²) in [6.07, 6.45) is 10.3. The minimum atomic E-state index is 0.259. The molecule has 3 rings (SSSR count). The normalized spacial score (nSPS) is 18.3. The third-order valence-corrected chi connectivity index (χ3v) is 4.62. The molecule has 3 heterocycles. The summed E-state index contributed by atoms with van der Waals surface area (Å²) in [5.74, 6) is 1.84. The molecule has 1 saturated heterocycles. The highest BCUT2D eigenvalue weighted by Gasteiger charge is 2.24. The number of rotatable bonds is 6. The molecule has 0 spiro atoms. The van der Waals surface area contributed by atoms with E-state index < -0.39 is 0 Å². The first-order chi connectivity index (χ1) is 11.3. The summed E-state index contributed by atoms with van der Waals surface area (Å²) in [5.41, 5.74) is 1.16. The van der Waals surface area contributed by atoms with Crippen LogP contribution in [0.4, 0.5) is 0 Å². The molecule has 1 fully saturated rings. The van der Waals surface area contributed by atoms with E-state index in [0.717, 1.165) is 50.4 Å². The van der Waals surface area contributed by atoms with E-state index in [0.29, 0.717) is 12.3 Å². The number of piperidine rings is 1. The third-order valence-electron chi connectivity index (χ3n) is 4.62. The Kier molecular flexibility index (Phi) is 5.10. The summed E-state index contributed by atoms with van der Waals surface area (Å²) in [4.78, 5) is 18.9. The van der Waals surface area contributed by atoms with E-state index in [9.17, 15) is 4.79 Å². The number of hydrogen-bond acceptors (Lipinski definition) is 3. The van der Waals surface area contributed by atoms with Crippen molar-refractivity contribution in [2.24, 2.45) is 5.92 Å². The predicted octanol–water partition coefficient (Wildman–Crippen LogP) is 2.04. The van der Waals surface area contributed by atoms with Gasteiger partial charge in [-0.3, -0.25) is 9.89 Å². The Morgan fingerprint density at radius 2 is 2.35 bits per heavy atom. The maximum absolute atomic E-state index is 12.5. The van der Waals surface area contributed by atoms with E-state index >= 15 is 0 Å². The quantitative estimate of drug-likeness (QED) is 0.887. The van der Waals surface area contributed by atoms with Gasteiger partial charge in [0, 0.05) is 56.8 Å². The standard InChI is InChI=1S/C17H25N5O/c1-2-16-18-8-11-21(16)10-6-17(23)22-9-3-4-14(13-22)12-15-5-7-19-20-15/h5,7-8,11,14H,2-4,6,9-10,12-13H2,1H3,(H,19,20). The molecule has 1 unspecified atom stereocenters. The van der Waals surface area contributed by atoms with Crippen molar-refractivity contribution in [3.05, 3.63) is 36.2 Å². The number of aromatic nitrogens is 4. The summed E-state index contributed by atoms with van der Waals surface area (Å²) < 4.78 is 2.09. The molecule has 1 N–H and O–H groups in total. The molecule has 23 heavy (non-hydrogen) atoms. The van der Waals surface area contributed by atoms with E-state index in [-0.39, 0.29) is 5.91 Å². The zero-order valence-corrected chi connectivity index (χ0v) is 13.7. The van der Waals surface area contributed by atoms with Crippen LogP contribution < -0.4 is 0 Å². The number of carbonyl (C=O) groups is 1. The molecule has 1 aliphatic heterocycles. The largest absolute Gasteiger partial charge is 0.342 e. The number of carbonyl (C=O) groups excluding carboxylic acids is 1. The lowest BCUT2D eigenvalue weighted by molar-refractivity contribution is -0.133. The summed E-state index contributed by atoms with van der Waals surface area (Å²) in [6, 6.07) is 2.02. The lowest BCUT2D eigenvalue weighted by atomic mass is 9.93. The molecule has 0 bridgehead atoms. The van der Waals surface area contributed by atoms with Crippen LogP contribution in [0.3, 0.4) is 0 Å². The summed E-state index contributed by atoms with van der Waals surface area (Å²) in [7, 11) is 0. The Morgan fingerprint density at radius 3 is 3.13 bits per heavy atom. The van der Waals surface area contributed by atoms with Gasteiger partial charge in [0.05, 0.1) is 0 Å². The lowest BCUT2D eigenvalue weighted by Crippen LogP contribution is -2.40. The minimum absolute atomic E-state index is 0.259. The van der Waals surface area contributed by atoms with Gasteiger partial charge in [0.1, 0.15) is 5.82 Å². The number of imidazole rings is 1. The van der Waals surface area contributed by atoms with Crippen LogP contribution in [-0.4, -0.2) is 43.6 Å². The third kappa shape index (κ3) is 4.00. The first-order valence-corrected chi connectivity index (χ1v) is 8.52. The van der Waals surface area contributed by atoms with Crippen molar-refractivity contribution in [1.29, 1.82) is 0 Å². The van der Waals surface area contributed by atoms with Gasteiger partial charge < -0.3 is 9.47 Å². The summed E-state index contributed by atoms with van der Waals surface area (Å²) >= 11 is 0. The molecule has 124 valence electrons. The van der Waals surface area contributed by atoms with Crippen LogP contribution in [0.15, 0.2) is 24.7 Å². The van der Waals surface area contributed by atoms with E-state index in [1.54, 1.807) is 6.20 Å². The number of nitrogens with one attached hydrogen (secondary N) is 1. The summed E-state index contributed by atoms with van der Waals surface area (Å²) in [5, 5.41) is 7.02. The molecule has 1 amide bonds. The highest BCUT2D eigenvalue weighted by atomic mass is 16.2. The second-order valence-electron chi connectivity index (χ2n) is 6.27. The zero-order valence-electron chi connectivity index (χ0n) is 13.7. The van der Waals surface area contributed by atoms with Crippen LogP contribution >= 0.6 is 0 Å². The van der Waals surface area contributed by atoms with Crippen molar-refractivity contribution in [3.63, 3.8) is 0 Å². The van der Waals surface area contributed by atoms with E-state index in [4.69, 9.17) is 0 Å². The van der Waals surface area contributed by atoms with Crippen molar-refractivity contribution in [2.75, 3.05) is 13.1 Å². The fourth-order valence-corrected chi connectivity index (χ4v) is 3.40. The van der Waals surface area contributed by atoms with E-state index in [1.807, 2.05) is 23.4 Å². The van der Waals surface area contributed by atoms with E-state index in [1.165, 1.54) is 6.42 Å². The van der Waals surface area contributed by atoms with Gasteiger partial charge in [-0.2, -0.15) is 5.10 Å². The first kappa shape index (κ1) is 15.8. The average Bonchev–Trinajstić information content (AvgIpc) is 3.24.